The summed E-state index contributed by atoms with van der Waals surface area (Å²) in [5, 5.41) is 9.09. The maximum atomic E-state index is 8.36. The van der Waals surface area contributed by atoms with E-state index in [4.69, 9.17) is 33.1 Å². The van der Waals surface area contributed by atoms with Gasteiger partial charge in [0.25, 0.3) is 6.47 Å². The number of fused-ring (bicyclic) bond motifs is 1. The van der Waals surface area contributed by atoms with Crippen molar-refractivity contribution in [3.05, 3.63) is 52.8 Å². The molecule has 1 aromatic heterocycles. The number of aromatic nitrogens is 2. The van der Waals surface area contributed by atoms with Gasteiger partial charge in [-0.15, -0.1) is 0 Å². The Morgan fingerprint density at radius 3 is 2.44 bits per heavy atom. The minimum Gasteiger partial charge on any atom is -0.483 e. The molecule has 0 atom stereocenters. The Labute approximate surface area is 167 Å². The second kappa shape index (κ2) is 9.02. The standard InChI is InChI=1S/C19H17Cl2N3.CH2O2/c20-15-8-7-13(11-16(15)21)14-5-4-6-17-18(14)19(23-12-22-17)24-9-2-1-3-10-24;2-1-3/h4-8,11-12H,1-3,9-10H2;1H,(H,2,3). The van der Waals surface area contributed by atoms with Gasteiger partial charge in [-0.05, 0) is 48.6 Å². The summed E-state index contributed by atoms with van der Waals surface area (Å²) in [6.07, 6.45) is 5.37. The lowest BCUT2D eigenvalue weighted by Crippen LogP contribution is -2.30. The molecule has 4 rings (SSSR count). The summed E-state index contributed by atoms with van der Waals surface area (Å²) >= 11 is 12.3. The van der Waals surface area contributed by atoms with Crippen LogP contribution in [0.25, 0.3) is 22.0 Å². The molecule has 3 aromatic rings. The van der Waals surface area contributed by atoms with Crippen molar-refractivity contribution in [3.8, 4) is 11.1 Å². The fourth-order valence-corrected chi connectivity index (χ4v) is 3.64. The van der Waals surface area contributed by atoms with E-state index in [0.717, 1.165) is 40.9 Å². The number of hydrogen-bond acceptors (Lipinski definition) is 4. The fraction of sp³-hybridized carbons (Fsp3) is 0.250. The molecular formula is C20H19Cl2N3O2. The van der Waals surface area contributed by atoms with Crippen LogP contribution < -0.4 is 4.90 Å². The highest BCUT2D eigenvalue weighted by Crippen LogP contribution is 2.36. The lowest BCUT2D eigenvalue weighted by Gasteiger charge is -2.29. The van der Waals surface area contributed by atoms with E-state index in [1.165, 1.54) is 19.3 Å². The van der Waals surface area contributed by atoms with Crippen molar-refractivity contribution in [3.63, 3.8) is 0 Å². The molecule has 1 aliphatic heterocycles. The zero-order valence-electron chi connectivity index (χ0n) is 14.6. The molecule has 0 saturated carbocycles. The van der Waals surface area contributed by atoms with Crippen LogP contribution in [0.1, 0.15) is 19.3 Å². The average molecular weight is 404 g/mol. The molecule has 27 heavy (non-hydrogen) atoms. The molecule has 1 N–H and O–H groups in total. The smallest absolute Gasteiger partial charge is 0.290 e. The van der Waals surface area contributed by atoms with Gasteiger partial charge in [0.05, 0.1) is 20.9 Å². The molecule has 1 saturated heterocycles. The molecule has 1 fully saturated rings. The number of hydrogen-bond donors (Lipinski definition) is 1. The van der Waals surface area contributed by atoms with Gasteiger partial charge in [-0.3, -0.25) is 4.79 Å². The molecule has 0 radical (unpaired) electrons. The van der Waals surface area contributed by atoms with Gasteiger partial charge in [0.2, 0.25) is 0 Å². The van der Waals surface area contributed by atoms with Crippen molar-refractivity contribution in [2.75, 3.05) is 18.0 Å². The summed E-state index contributed by atoms with van der Waals surface area (Å²) in [6, 6.07) is 11.9. The predicted octanol–water partition coefficient (Wildman–Crippen LogP) is 5.29. The second-order valence-corrected chi connectivity index (χ2v) is 6.99. The number of anilines is 1. The first kappa shape index (κ1) is 19.4. The summed E-state index contributed by atoms with van der Waals surface area (Å²) in [6.45, 7) is 1.84. The average Bonchev–Trinajstić information content (AvgIpc) is 2.70. The molecule has 140 valence electrons. The Morgan fingerprint density at radius 2 is 1.74 bits per heavy atom. The number of carboxylic acid groups (broad SMARTS) is 1. The van der Waals surface area contributed by atoms with Crippen LogP contribution in [0.5, 0.6) is 0 Å². The monoisotopic (exact) mass is 403 g/mol. The maximum absolute atomic E-state index is 8.36. The molecule has 7 heteroatoms. The third-order valence-corrected chi connectivity index (χ3v) is 5.27. The van der Waals surface area contributed by atoms with E-state index in [2.05, 4.69) is 20.9 Å². The lowest BCUT2D eigenvalue weighted by molar-refractivity contribution is -0.122. The van der Waals surface area contributed by atoms with E-state index in [1.807, 2.05) is 30.3 Å². The van der Waals surface area contributed by atoms with E-state index in [-0.39, 0.29) is 6.47 Å². The maximum Gasteiger partial charge on any atom is 0.290 e. The molecule has 5 nitrogen and oxygen atoms in total. The Kier molecular flexibility index (Phi) is 6.48. The molecule has 2 aromatic carbocycles. The Balaban J connectivity index is 0.000000659. The Hall–Kier alpha value is -2.37. The first-order chi connectivity index (χ1) is 13.2. The van der Waals surface area contributed by atoms with Gasteiger partial charge in [0.1, 0.15) is 12.1 Å². The number of piperidine rings is 1. The topological polar surface area (TPSA) is 66.3 Å². The number of rotatable bonds is 2. The van der Waals surface area contributed by atoms with Crippen LogP contribution in [0.2, 0.25) is 10.0 Å². The minimum absolute atomic E-state index is 0.250. The van der Waals surface area contributed by atoms with Crippen LogP contribution in [0.3, 0.4) is 0 Å². The number of benzene rings is 2. The lowest BCUT2D eigenvalue weighted by atomic mass is 10.00. The summed E-state index contributed by atoms with van der Waals surface area (Å²) < 4.78 is 0. The minimum atomic E-state index is -0.250. The summed E-state index contributed by atoms with van der Waals surface area (Å²) in [5.41, 5.74) is 3.07. The molecule has 1 aliphatic rings. The fourth-order valence-electron chi connectivity index (χ4n) is 3.34. The molecule has 0 amide bonds. The van der Waals surface area contributed by atoms with Crippen molar-refractivity contribution in [1.29, 1.82) is 0 Å². The zero-order valence-corrected chi connectivity index (χ0v) is 16.1. The van der Waals surface area contributed by atoms with Crippen LogP contribution in [-0.2, 0) is 4.79 Å². The van der Waals surface area contributed by atoms with Crippen molar-refractivity contribution in [2.24, 2.45) is 0 Å². The highest BCUT2D eigenvalue weighted by atomic mass is 35.5. The Morgan fingerprint density at radius 1 is 1.00 bits per heavy atom. The molecular weight excluding hydrogens is 385 g/mol. The number of halogens is 2. The van der Waals surface area contributed by atoms with Crippen molar-refractivity contribution in [2.45, 2.75) is 19.3 Å². The predicted molar refractivity (Wildman–Crippen MR) is 110 cm³/mol. The van der Waals surface area contributed by atoms with Crippen LogP contribution in [0.4, 0.5) is 5.82 Å². The molecule has 0 spiro atoms. The van der Waals surface area contributed by atoms with E-state index in [0.29, 0.717) is 10.0 Å². The van der Waals surface area contributed by atoms with Crippen molar-refractivity contribution in [1.82, 2.24) is 9.97 Å². The van der Waals surface area contributed by atoms with Gasteiger partial charge in [-0.2, -0.15) is 0 Å². The summed E-state index contributed by atoms with van der Waals surface area (Å²) in [7, 11) is 0. The van der Waals surface area contributed by atoms with Crippen LogP contribution in [-0.4, -0.2) is 34.6 Å². The first-order valence-electron chi connectivity index (χ1n) is 8.67. The molecule has 0 unspecified atom stereocenters. The Bertz CT molecular complexity index is 938. The van der Waals surface area contributed by atoms with Crippen LogP contribution >= 0.6 is 23.2 Å². The third kappa shape index (κ3) is 4.31. The summed E-state index contributed by atoms with van der Waals surface area (Å²) in [4.78, 5) is 19.8. The zero-order chi connectivity index (χ0) is 19.2. The van der Waals surface area contributed by atoms with Crippen molar-refractivity contribution >= 4 is 46.4 Å². The van der Waals surface area contributed by atoms with Crippen LogP contribution in [0.15, 0.2) is 42.7 Å². The quantitative estimate of drug-likeness (QED) is 0.588. The van der Waals surface area contributed by atoms with Gasteiger partial charge in [0, 0.05) is 13.1 Å². The van der Waals surface area contributed by atoms with E-state index >= 15 is 0 Å². The van der Waals surface area contributed by atoms with Gasteiger partial charge >= 0.3 is 0 Å². The van der Waals surface area contributed by atoms with Gasteiger partial charge in [-0.25, -0.2) is 9.97 Å². The van der Waals surface area contributed by atoms with E-state index < -0.39 is 0 Å². The largest absolute Gasteiger partial charge is 0.483 e. The van der Waals surface area contributed by atoms with Gasteiger partial charge < -0.3 is 10.0 Å². The molecule has 0 bridgehead atoms. The molecule has 0 aliphatic carbocycles. The highest BCUT2D eigenvalue weighted by molar-refractivity contribution is 6.42. The van der Waals surface area contributed by atoms with Gasteiger partial charge in [0.15, 0.2) is 0 Å². The SMILES string of the molecule is Clc1ccc(-c2cccc3ncnc(N4CCCCC4)c23)cc1Cl.O=CO. The first-order valence-corrected chi connectivity index (χ1v) is 9.43. The third-order valence-electron chi connectivity index (χ3n) is 4.53. The normalized spacial score (nSPS) is 13.8. The highest BCUT2D eigenvalue weighted by Gasteiger charge is 2.18. The number of carbonyl (C=O) groups is 1. The number of nitrogens with zero attached hydrogens (tertiary/aromatic N) is 3. The van der Waals surface area contributed by atoms with E-state index in [1.54, 1.807) is 6.33 Å². The molecule has 2 heterocycles. The van der Waals surface area contributed by atoms with Crippen LogP contribution in [0, 0.1) is 0 Å². The van der Waals surface area contributed by atoms with E-state index in [9.17, 15) is 0 Å². The van der Waals surface area contributed by atoms with Crippen molar-refractivity contribution < 1.29 is 9.90 Å². The second-order valence-electron chi connectivity index (χ2n) is 6.18. The van der Waals surface area contributed by atoms with Gasteiger partial charge in [-0.1, -0.05) is 41.4 Å². The summed E-state index contributed by atoms with van der Waals surface area (Å²) in [5.74, 6) is 1.02.